The molecule has 0 radical (unpaired) electrons. The Balaban J connectivity index is 2.79. The summed E-state index contributed by atoms with van der Waals surface area (Å²) in [6.45, 7) is 9.88. The fourth-order valence-corrected chi connectivity index (χ4v) is 1.83. The molecular weight excluding hydrogens is 276 g/mol. The first-order chi connectivity index (χ1) is 10.5. The van der Waals surface area contributed by atoms with Gasteiger partial charge < -0.3 is 16.0 Å². The van der Waals surface area contributed by atoms with Crippen LogP contribution in [-0.4, -0.2) is 31.5 Å². The van der Waals surface area contributed by atoms with Crippen LogP contribution < -0.4 is 16.0 Å². The number of carbonyl (C=O) groups excluding carboxylic acids is 1. The molecule has 1 amide bonds. The highest BCUT2D eigenvalue weighted by Crippen LogP contribution is 2.07. The van der Waals surface area contributed by atoms with E-state index in [1.165, 1.54) is 0 Å². The molecule has 0 saturated carbocycles. The van der Waals surface area contributed by atoms with Gasteiger partial charge in [-0.15, -0.1) is 0 Å². The average molecular weight is 304 g/mol. The molecule has 0 aliphatic rings. The van der Waals surface area contributed by atoms with Crippen molar-refractivity contribution in [3.63, 3.8) is 0 Å². The number of benzene rings is 1. The van der Waals surface area contributed by atoms with Crippen LogP contribution in [0.25, 0.3) is 0 Å². The fraction of sp³-hybridized carbons (Fsp3) is 0.529. The summed E-state index contributed by atoms with van der Waals surface area (Å²) in [7, 11) is 1.63. The van der Waals surface area contributed by atoms with Gasteiger partial charge in [-0.25, -0.2) is 4.99 Å². The first-order valence-electron chi connectivity index (χ1n) is 7.83. The van der Waals surface area contributed by atoms with E-state index < -0.39 is 0 Å². The zero-order valence-electron chi connectivity index (χ0n) is 14.2. The number of hydrogen-bond donors (Lipinski definition) is 3. The minimum absolute atomic E-state index is 0.0794. The van der Waals surface area contributed by atoms with Gasteiger partial charge in [0.2, 0.25) is 0 Å². The van der Waals surface area contributed by atoms with Crippen molar-refractivity contribution in [3.05, 3.63) is 35.4 Å². The molecule has 1 aromatic rings. The molecule has 0 heterocycles. The normalized spacial score (nSPS) is 12.9. The zero-order valence-corrected chi connectivity index (χ0v) is 14.2. The highest BCUT2D eigenvalue weighted by molar-refractivity contribution is 5.94. The van der Waals surface area contributed by atoms with Crippen LogP contribution in [0.15, 0.2) is 29.3 Å². The third-order valence-corrected chi connectivity index (χ3v) is 3.54. The molecule has 1 rings (SSSR count). The van der Waals surface area contributed by atoms with Crippen molar-refractivity contribution in [2.45, 2.75) is 40.3 Å². The molecule has 22 heavy (non-hydrogen) atoms. The summed E-state index contributed by atoms with van der Waals surface area (Å²) in [6, 6.07) is 7.88. The van der Waals surface area contributed by atoms with Gasteiger partial charge in [0.1, 0.15) is 0 Å². The van der Waals surface area contributed by atoms with E-state index in [0.717, 1.165) is 18.1 Å². The summed E-state index contributed by atoms with van der Waals surface area (Å²) in [5.74, 6) is 1.25. The number of hydrogen-bond acceptors (Lipinski definition) is 2. The standard InChI is InChI=1S/C17H28N4O/c1-6-19-17(21-13(4)12(2)3)20-11-14-8-7-9-15(10-14)16(22)18-5/h7-10,12-13H,6,11H2,1-5H3,(H,18,22)(H2,19,20,21). The molecule has 0 aliphatic heterocycles. The molecule has 5 heteroatoms. The minimum Gasteiger partial charge on any atom is -0.357 e. The smallest absolute Gasteiger partial charge is 0.251 e. The van der Waals surface area contributed by atoms with Crippen molar-refractivity contribution >= 4 is 11.9 Å². The lowest BCUT2D eigenvalue weighted by Crippen LogP contribution is -2.44. The molecule has 122 valence electrons. The minimum atomic E-state index is -0.0794. The third-order valence-electron chi connectivity index (χ3n) is 3.54. The van der Waals surface area contributed by atoms with E-state index in [-0.39, 0.29) is 5.91 Å². The second-order valence-corrected chi connectivity index (χ2v) is 5.65. The molecule has 1 atom stereocenters. The number of aliphatic imine (C=N–C) groups is 1. The van der Waals surface area contributed by atoms with E-state index in [0.29, 0.717) is 24.1 Å². The van der Waals surface area contributed by atoms with Gasteiger partial charge in [-0.3, -0.25) is 4.79 Å². The summed E-state index contributed by atoms with van der Waals surface area (Å²) in [6.07, 6.45) is 0. The molecule has 0 aromatic heterocycles. The Morgan fingerprint density at radius 1 is 1.27 bits per heavy atom. The Kier molecular flexibility index (Phi) is 7.43. The predicted octanol–water partition coefficient (Wildman–Crippen LogP) is 2.15. The quantitative estimate of drug-likeness (QED) is 0.557. The van der Waals surface area contributed by atoms with Crippen LogP contribution in [0.4, 0.5) is 0 Å². The van der Waals surface area contributed by atoms with Gasteiger partial charge in [0.15, 0.2) is 5.96 Å². The Morgan fingerprint density at radius 3 is 2.59 bits per heavy atom. The fourth-order valence-electron chi connectivity index (χ4n) is 1.83. The van der Waals surface area contributed by atoms with Crippen molar-refractivity contribution in [1.82, 2.24) is 16.0 Å². The van der Waals surface area contributed by atoms with Crippen LogP contribution in [0.2, 0.25) is 0 Å². The lowest BCUT2D eigenvalue weighted by molar-refractivity contribution is 0.0963. The van der Waals surface area contributed by atoms with Crippen LogP contribution in [0.3, 0.4) is 0 Å². The lowest BCUT2D eigenvalue weighted by Gasteiger charge is -2.20. The third kappa shape index (κ3) is 5.76. The summed E-state index contributed by atoms with van der Waals surface area (Å²) in [5, 5.41) is 9.28. The van der Waals surface area contributed by atoms with Crippen LogP contribution >= 0.6 is 0 Å². The second-order valence-electron chi connectivity index (χ2n) is 5.65. The van der Waals surface area contributed by atoms with Gasteiger partial charge in [0.05, 0.1) is 6.54 Å². The van der Waals surface area contributed by atoms with E-state index in [1.54, 1.807) is 13.1 Å². The Morgan fingerprint density at radius 2 is 2.00 bits per heavy atom. The Bertz CT molecular complexity index is 511. The summed E-state index contributed by atoms with van der Waals surface area (Å²) >= 11 is 0. The van der Waals surface area contributed by atoms with E-state index in [4.69, 9.17) is 0 Å². The molecular formula is C17H28N4O. The number of carbonyl (C=O) groups is 1. The van der Waals surface area contributed by atoms with Crippen molar-refractivity contribution in [1.29, 1.82) is 0 Å². The first-order valence-corrected chi connectivity index (χ1v) is 7.83. The molecule has 3 N–H and O–H groups in total. The number of nitrogens with zero attached hydrogens (tertiary/aromatic N) is 1. The van der Waals surface area contributed by atoms with Crippen LogP contribution in [-0.2, 0) is 6.54 Å². The van der Waals surface area contributed by atoms with Gasteiger partial charge in [-0.1, -0.05) is 26.0 Å². The van der Waals surface area contributed by atoms with Crippen molar-refractivity contribution in [2.24, 2.45) is 10.9 Å². The highest BCUT2D eigenvalue weighted by Gasteiger charge is 2.09. The maximum absolute atomic E-state index is 11.7. The average Bonchev–Trinajstić information content (AvgIpc) is 2.52. The largest absolute Gasteiger partial charge is 0.357 e. The highest BCUT2D eigenvalue weighted by atomic mass is 16.1. The van der Waals surface area contributed by atoms with Gasteiger partial charge >= 0.3 is 0 Å². The van der Waals surface area contributed by atoms with Crippen LogP contribution in [0.1, 0.15) is 43.6 Å². The number of guanidine groups is 1. The van der Waals surface area contributed by atoms with E-state index in [9.17, 15) is 4.79 Å². The van der Waals surface area contributed by atoms with Crippen molar-refractivity contribution in [2.75, 3.05) is 13.6 Å². The van der Waals surface area contributed by atoms with Crippen LogP contribution in [0, 0.1) is 5.92 Å². The monoisotopic (exact) mass is 304 g/mol. The topological polar surface area (TPSA) is 65.5 Å². The van der Waals surface area contributed by atoms with E-state index >= 15 is 0 Å². The Hall–Kier alpha value is -2.04. The molecule has 0 aliphatic carbocycles. The van der Waals surface area contributed by atoms with E-state index in [1.807, 2.05) is 25.1 Å². The molecule has 0 saturated heterocycles. The maximum atomic E-state index is 11.7. The molecule has 5 nitrogen and oxygen atoms in total. The van der Waals surface area contributed by atoms with Gasteiger partial charge in [0, 0.05) is 25.2 Å². The predicted molar refractivity (Wildman–Crippen MR) is 92.1 cm³/mol. The van der Waals surface area contributed by atoms with Crippen LogP contribution in [0.5, 0.6) is 0 Å². The first kappa shape index (κ1) is 18.0. The summed E-state index contributed by atoms with van der Waals surface area (Å²) in [5.41, 5.74) is 1.67. The number of rotatable bonds is 6. The Labute approximate surface area is 133 Å². The summed E-state index contributed by atoms with van der Waals surface area (Å²) < 4.78 is 0. The molecule has 0 fully saturated rings. The molecule has 1 unspecified atom stereocenters. The maximum Gasteiger partial charge on any atom is 0.251 e. The molecule has 0 spiro atoms. The van der Waals surface area contributed by atoms with Gasteiger partial charge in [-0.05, 0) is 37.5 Å². The van der Waals surface area contributed by atoms with Gasteiger partial charge in [-0.2, -0.15) is 0 Å². The summed E-state index contributed by atoms with van der Waals surface area (Å²) in [4.78, 5) is 16.3. The molecule has 0 bridgehead atoms. The van der Waals surface area contributed by atoms with E-state index in [2.05, 4.69) is 41.7 Å². The van der Waals surface area contributed by atoms with Crippen molar-refractivity contribution < 1.29 is 4.79 Å². The second kappa shape index (κ2) is 9.07. The lowest BCUT2D eigenvalue weighted by atomic mass is 10.1. The number of nitrogens with one attached hydrogen (secondary N) is 3. The SMILES string of the molecule is CCNC(=NCc1cccc(C(=O)NC)c1)NC(C)C(C)C. The zero-order chi connectivity index (χ0) is 16.5. The van der Waals surface area contributed by atoms with Gasteiger partial charge in [0.25, 0.3) is 5.91 Å². The van der Waals surface area contributed by atoms with Crippen molar-refractivity contribution in [3.8, 4) is 0 Å². The molecule has 1 aromatic carbocycles. The number of amides is 1.